The fourth-order valence-electron chi connectivity index (χ4n) is 3.86. The summed E-state index contributed by atoms with van der Waals surface area (Å²) in [6.07, 6.45) is 1.11. The molecule has 0 spiro atoms. The van der Waals surface area contributed by atoms with Crippen LogP contribution in [0, 0.1) is 24.1 Å². The molecule has 2 aliphatic rings. The van der Waals surface area contributed by atoms with Gasteiger partial charge in [-0.05, 0) is 24.1 Å². The summed E-state index contributed by atoms with van der Waals surface area (Å²) in [6, 6.07) is 4.88. The average Bonchev–Trinajstić information content (AvgIpc) is 2.98. The Bertz CT molecular complexity index is 782. The lowest BCUT2D eigenvalue weighted by Gasteiger charge is -2.25. The Hall–Kier alpha value is -1.51. The van der Waals surface area contributed by atoms with Crippen molar-refractivity contribution in [3.8, 4) is 0 Å². The minimum absolute atomic E-state index is 0.00443. The van der Waals surface area contributed by atoms with Crippen LogP contribution >= 0.6 is 0 Å². The molecule has 2 aliphatic heterocycles. The number of aliphatic carboxylic acids is 1. The molecule has 0 bridgehead atoms. The summed E-state index contributed by atoms with van der Waals surface area (Å²) in [5.74, 6) is -1.49. The molecule has 2 heterocycles. The van der Waals surface area contributed by atoms with Crippen molar-refractivity contribution in [2.75, 3.05) is 32.4 Å². The van der Waals surface area contributed by atoms with Gasteiger partial charge in [-0.25, -0.2) is 17.1 Å². The van der Waals surface area contributed by atoms with Crippen molar-refractivity contribution < 1.29 is 22.7 Å². The smallest absolute Gasteiger partial charge is 0.312 e. The summed E-state index contributed by atoms with van der Waals surface area (Å²) in [4.78, 5) is 13.9. The monoisotopic (exact) mass is 356 g/mol. The second-order valence-corrected chi connectivity index (χ2v) is 8.89. The van der Waals surface area contributed by atoms with Crippen LogP contribution in [0.25, 0.3) is 0 Å². The molecule has 0 aliphatic carbocycles. The summed E-state index contributed by atoms with van der Waals surface area (Å²) >= 11 is 0. The second-order valence-electron chi connectivity index (χ2n) is 6.91. The highest BCUT2D eigenvalue weighted by Gasteiger charge is 2.59. The summed E-state index contributed by atoms with van der Waals surface area (Å²) in [5, 5.41) is 9.73. The molecule has 2 fully saturated rings. The normalized spacial score (nSPS) is 28.2. The molecule has 2 saturated heterocycles. The van der Waals surface area contributed by atoms with Crippen LogP contribution in [0.2, 0.25) is 0 Å². The number of fused-ring (bicyclic) bond motifs is 1. The topological polar surface area (TPSA) is 77.9 Å². The van der Waals surface area contributed by atoms with Gasteiger partial charge in [0.05, 0.1) is 11.7 Å². The SMILES string of the molecule is Cc1c(F)cccc1CN1C[C@H]2CN(S(C)(=O)=O)C[C@@]2(C(=O)O)C1. The number of hydrogen-bond acceptors (Lipinski definition) is 4. The van der Waals surface area contributed by atoms with E-state index in [0.717, 1.165) is 11.8 Å². The van der Waals surface area contributed by atoms with Crippen LogP contribution in [-0.2, 0) is 21.4 Å². The van der Waals surface area contributed by atoms with E-state index in [4.69, 9.17) is 0 Å². The molecule has 2 atom stereocenters. The Morgan fingerprint density at radius 3 is 2.67 bits per heavy atom. The van der Waals surface area contributed by atoms with Gasteiger partial charge >= 0.3 is 5.97 Å². The molecule has 0 aromatic heterocycles. The number of carboxylic acids is 1. The van der Waals surface area contributed by atoms with Crippen molar-refractivity contribution in [3.05, 3.63) is 35.1 Å². The first kappa shape index (κ1) is 17.3. The van der Waals surface area contributed by atoms with Crippen molar-refractivity contribution in [3.63, 3.8) is 0 Å². The van der Waals surface area contributed by atoms with Gasteiger partial charge < -0.3 is 5.11 Å². The molecule has 8 heteroatoms. The number of halogens is 1. The minimum Gasteiger partial charge on any atom is -0.481 e. The van der Waals surface area contributed by atoms with E-state index in [2.05, 4.69) is 0 Å². The molecule has 3 rings (SSSR count). The molecule has 1 aromatic rings. The van der Waals surface area contributed by atoms with E-state index in [1.807, 2.05) is 11.0 Å². The molecule has 1 N–H and O–H groups in total. The van der Waals surface area contributed by atoms with Crippen LogP contribution in [0.5, 0.6) is 0 Å². The van der Waals surface area contributed by atoms with Gasteiger partial charge in [0.1, 0.15) is 5.82 Å². The predicted molar refractivity (Wildman–Crippen MR) is 86.4 cm³/mol. The number of carboxylic acid groups (broad SMARTS) is 1. The molecule has 1 aromatic carbocycles. The first-order valence-electron chi connectivity index (χ1n) is 7.78. The van der Waals surface area contributed by atoms with Gasteiger partial charge in [0.25, 0.3) is 0 Å². The van der Waals surface area contributed by atoms with E-state index >= 15 is 0 Å². The quantitative estimate of drug-likeness (QED) is 0.868. The highest BCUT2D eigenvalue weighted by Crippen LogP contribution is 2.44. The minimum atomic E-state index is -3.40. The number of sulfonamides is 1. The Morgan fingerprint density at radius 1 is 1.38 bits per heavy atom. The lowest BCUT2D eigenvalue weighted by molar-refractivity contribution is -0.148. The molecule has 0 unspecified atom stereocenters. The Labute approximate surface area is 140 Å². The number of hydrogen-bond donors (Lipinski definition) is 1. The number of rotatable bonds is 4. The Kier molecular flexibility index (Phi) is 4.17. The lowest BCUT2D eigenvalue weighted by atomic mass is 9.81. The lowest BCUT2D eigenvalue weighted by Crippen LogP contribution is -2.41. The molecule has 0 saturated carbocycles. The zero-order valence-electron chi connectivity index (χ0n) is 13.7. The Balaban J connectivity index is 1.81. The second kappa shape index (κ2) is 5.79. The predicted octanol–water partition coefficient (Wildman–Crippen LogP) is 0.912. The third kappa shape index (κ3) is 2.82. The molecular weight excluding hydrogens is 335 g/mol. The molecule has 24 heavy (non-hydrogen) atoms. The molecule has 0 radical (unpaired) electrons. The maximum absolute atomic E-state index is 13.7. The molecular formula is C16H21FN2O4S. The maximum atomic E-state index is 13.7. The summed E-state index contributed by atoms with van der Waals surface area (Å²) in [5.41, 5.74) is 0.316. The third-order valence-corrected chi connectivity index (χ3v) is 6.53. The molecule has 6 nitrogen and oxygen atoms in total. The number of benzene rings is 1. The van der Waals surface area contributed by atoms with Gasteiger partial charge in [-0.1, -0.05) is 12.1 Å². The fourth-order valence-corrected chi connectivity index (χ4v) is 4.78. The summed E-state index contributed by atoms with van der Waals surface area (Å²) in [6.45, 7) is 3.17. The van der Waals surface area contributed by atoms with Gasteiger partial charge in [0, 0.05) is 38.6 Å². The standard InChI is InChI=1S/C16H21FN2O4S/c1-11-12(4-3-5-14(11)17)6-18-7-13-8-19(24(2,22)23)10-16(13,9-18)15(20)21/h3-5,13H,6-10H2,1-2H3,(H,20,21)/t13-,16-/m0/s1. The molecule has 0 amide bonds. The highest BCUT2D eigenvalue weighted by molar-refractivity contribution is 7.88. The van der Waals surface area contributed by atoms with E-state index in [9.17, 15) is 22.7 Å². The Morgan fingerprint density at radius 2 is 2.08 bits per heavy atom. The van der Waals surface area contributed by atoms with E-state index in [0.29, 0.717) is 18.7 Å². The number of likely N-dealkylation sites (tertiary alicyclic amines) is 1. The maximum Gasteiger partial charge on any atom is 0.312 e. The zero-order chi connectivity index (χ0) is 17.7. The van der Waals surface area contributed by atoms with Crippen LogP contribution in [-0.4, -0.2) is 61.1 Å². The van der Waals surface area contributed by atoms with E-state index < -0.39 is 21.4 Å². The summed E-state index contributed by atoms with van der Waals surface area (Å²) < 4.78 is 38.5. The fraction of sp³-hybridized carbons (Fsp3) is 0.562. The van der Waals surface area contributed by atoms with Crippen LogP contribution in [0.1, 0.15) is 11.1 Å². The van der Waals surface area contributed by atoms with Gasteiger partial charge in [0.15, 0.2) is 0 Å². The molecule has 132 valence electrons. The van der Waals surface area contributed by atoms with Crippen LogP contribution in [0.4, 0.5) is 4.39 Å². The first-order chi connectivity index (χ1) is 11.1. The first-order valence-corrected chi connectivity index (χ1v) is 9.63. The van der Waals surface area contributed by atoms with Crippen molar-refractivity contribution in [2.45, 2.75) is 13.5 Å². The van der Waals surface area contributed by atoms with Crippen molar-refractivity contribution in [1.29, 1.82) is 0 Å². The van der Waals surface area contributed by atoms with E-state index in [1.165, 1.54) is 10.4 Å². The number of nitrogens with zero attached hydrogens (tertiary/aromatic N) is 2. The van der Waals surface area contributed by atoms with Crippen molar-refractivity contribution in [2.24, 2.45) is 11.3 Å². The number of carbonyl (C=O) groups is 1. The van der Waals surface area contributed by atoms with Gasteiger partial charge in [0.2, 0.25) is 10.0 Å². The van der Waals surface area contributed by atoms with Gasteiger partial charge in [-0.3, -0.25) is 9.69 Å². The van der Waals surface area contributed by atoms with Gasteiger partial charge in [-0.2, -0.15) is 0 Å². The van der Waals surface area contributed by atoms with Crippen LogP contribution in [0.3, 0.4) is 0 Å². The van der Waals surface area contributed by atoms with Crippen LogP contribution in [0.15, 0.2) is 18.2 Å². The van der Waals surface area contributed by atoms with Gasteiger partial charge in [-0.15, -0.1) is 0 Å². The van der Waals surface area contributed by atoms with E-state index in [1.54, 1.807) is 13.0 Å². The highest BCUT2D eigenvalue weighted by atomic mass is 32.2. The largest absolute Gasteiger partial charge is 0.481 e. The van der Waals surface area contributed by atoms with E-state index in [-0.39, 0.29) is 31.4 Å². The van der Waals surface area contributed by atoms with Crippen LogP contribution < -0.4 is 0 Å². The zero-order valence-corrected chi connectivity index (χ0v) is 14.5. The summed E-state index contributed by atoms with van der Waals surface area (Å²) in [7, 11) is -3.40. The van der Waals surface area contributed by atoms with Crippen molar-refractivity contribution >= 4 is 16.0 Å². The van der Waals surface area contributed by atoms with Crippen molar-refractivity contribution in [1.82, 2.24) is 9.21 Å². The third-order valence-electron chi connectivity index (χ3n) is 5.32. The average molecular weight is 356 g/mol.